The lowest BCUT2D eigenvalue weighted by atomic mass is 10.2. The van der Waals surface area contributed by atoms with Crippen LogP contribution in [0.3, 0.4) is 0 Å². The van der Waals surface area contributed by atoms with E-state index in [4.69, 9.17) is 4.74 Å². The summed E-state index contributed by atoms with van der Waals surface area (Å²) in [6.07, 6.45) is 1.64. The summed E-state index contributed by atoms with van der Waals surface area (Å²) in [6, 6.07) is 11.0. The molecule has 2 aromatic rings. The van der Waals surface area contributed by atoms with Crippen LogP contribution < -0.4 is 5.32 Å². The van der Waals surface area contributed by atoms with Gasteiger partial charge in [0.2, 0.25) is 20.0 Å². The molecule has 0 radical (unpaired) electrons. The van der Waals surface area contributed by atoms with E-state index in [-0.39, 0.29) is 21.0 Å². The second-order valence-electron chi connectivity index (χ2n) is 7.58. The number of ether oxygens (including phenoxy) is 1. The monoisotopic (exact) mass is 495 g/mol. The molecular formula is C21H25N3O7S2. The maximum Gasteiger partial charge on any atom is 0.338 e. The van der Waals surface area contributed by atoms with Gasteiger partial charge >= 0.3 is 5.97 Å². The quantitative estimate of drug-likeness (QED) is 0.550. The van der Waals surface area contributed by atoms with E-state index in [2.05, 4.69) is 5.32 Å². The molecule has 0 spiro atoms. The summed E-state index contributed by atoms with van der Waals surface area (Å²) in [5.74, 6) is -1.45. The highest BCUT2D eigenvalue weighted by molar-refractivity contribution is 7.89. The maximum atomic E-state index is 12.5. The van der Waals surface area contributed by atoms with Gasteiger partial charge < -0.3 is 10.1 Å². The van der Waals surface area contributed by atoms with Crippen LogP contribution in [-0.4, -0.2) is 71.1 Å². The van der Waals surface area contributed by atoms with Crippen LogP contribution in [0, 0.1) is 0 Å². The first-order valence-corrected chi connectivity index (χ1v) is 13.0. The zero-order valence-corrected chi connectivity index (χ0v) is 19.9. The van der Waals surface area contributed by atoms with Crippen LogP contribution in [0.4, 0.5) is 5.69 Å². The number of rotatable bonds is 8. The molecule has 1 fully saturated rings. The fraction of sp³-hybridized carbons (Fsp3) is 0.333. The third-order valence-electron chi connectivity index (χ3n) is 5.02. The average Bonchev–Trinajstić information content (AvgIpc) is 3.33. The second kappa shape index (κ2) is 10.00. The highest BCUT2D eigenvalue weighted by Crippen LogP contribution is 2.21. The van der Waals surface area contributed by atoms with Crippen LogP contribution in [-0.2, 0) is 29.6 Å². The van der Waals surface area contributed by atoms with E-state index in [1.54, 1.807) is 0 Å². The topological polar surface area (TPSA) is 130 Å². The predicted molar refractivity (Wildman–Crippen MR) is 121 cm³/mol. The van der Waals surface area contributed by atoms with Crippen molar-refractivity contribution in [1.29, 1.82) is 0 Å². The number of amides is 1. The molecule has 0 saturated carbocycles. The number of nitrogens with zero attached hydrogens (tertiary/aromatic N) is 2. The Labute approximate surface area is 193 Å². The van der Waals surface area contributed by atoms with Crippen LogP contribution >= 0.6 is 0 Å². The fourth-order valence-corrected chi connectivity index (χ4v) is 5.66. The highest BCUT2D eigenvalue weighted by atomic mass is 32.2. The highest BCUT2D eigenvalue weighted by Gasteiger charge is 2.27. The van der Waals surface area contributed by atoms with E-state index >= 15 is 0 Å². The van der Waals surface area contributed by atoms with E-state index in [0.29, 0.717) is 13.1 Å². The molecule has 1 N–H and O–H groups in total. The summed E-state index contributed by atoms with van der Waals surface area (Å²) in [7, 11) is -4.46. The minimum atomic E-state index is -3.67. The summed E-state index contributed by atoms with van der Waals surface area (Å²) >= 11 is 0. The first-order valence-electron chi connectivity index (χ1n) is 10.1. The van der Waals surface area contributed by atoms with Gasteiger partial charge in [-0.2, -0.15) is 4.31 Å². The van der Waals surface area contributed by atoms with Crippen molar-refractivity contribution in [1.82, 2.24) is 8.61 Å². The van der Waals surface area contributed by atoms with E-state index in [9.17, 15) is 26.4 Å². The first kappa shape index (κ1) is 24.8. The van der Waals surface area contributed by atoms with E-state index in [1.165, 1.54) is 66.9 Å². The molecule has 178 valence electrons. The molecule has 0 atom stereocenters. The van der Waals surface area contributed by atoms with Crippen LogP contribution in [0.15, 0.2) is 58.3 Å². The van der Waals surface area contributed by atoms with Gasteiger partial charge in [0.1, 0.15) is 0 Å². The Hall–Kier alpha value is -2.80. The molecule has 0 aliphatic carbocycles. The third-order valence-corrected chi connectivity index (χ3v) is 8.75. The lowest BCUT2D eigenvalue weighted by Gasteiger charge is -2.15. The van der Waals surface area contributed by atoms with Gasteiger partial charge in [-0.1, -0.05) is 6.07 Å². The van der Waals surface area contributed by atoms with Crippen LogP contribution in [0.1, 0.15) is 23.2 Å². The molecule has 1 amide bonds. The van der Waals surface area contributed by atoms with Crippen molar-refractivity contribution in [2.45, 2.75) is 22.6 Å². The fourth-order valence-electron chi connectivity index (χ4n) is 3.20. The second-order valence-corrected chi connectivity index (χ2v) is 11.7. The molecule has 0 unspecified atom stereocenters. The number of nitrogens with one attached hydrogen (secondary N) is 1. The van der Waals surface area contributed by atoms with Crippen molar-refractivity contribution in [3.05, 3.63) is 54.1 Å². The van der Waals surface area contributed by atoms with Gasteiger partial charge in [-0.05, 0) is 55.3 Å². The van der Waals surface area contributed by atoms with Gasteiger partial charge in [-0.3, -0.25) is 4.79 Å². The van der Waals surface area contributed by atoms with Gasteiger partial charge in [0.05, 0.1) is 15.4 Å². The predicted octanol–water partition coefficient (Wildman–Crippen LogP) is 1.52. The van der Waals surface area contributed by atoms with Crippen LogP contribution in [0.5, 0.6) is 0 Å². The molecule has 1 aliphatic rings. The van der Waals surface area contributed by atoms with Crippen LogP contribution in [0.25, 0.3) is 0 Å². The summed E-state index contributed by atoms with van der Waals surface area (Å²) in [5.41, 5.74) is 0.331. The molecule has 10 nitrogen and oxygen atoms in total. The smallest absolute Gasteiger partial charge is 0.338 e. The van der Waals surface area contributed by atoms with Crippen molar-refractivity contribution >= 4 is 37.6 Å². The number of hydrogen-bond donors (Lipinski definition) is 1. The number of carbonyl (C=O) groups is 2. The van der Waals surface area contributed by atoms with Crippen molar-refractivity contribution in [2.75, 3.05) is 39.1 Å². The molecular weight excluding hydrogens is 470 g/mol. The zero-order valence-electron chi connectivity index (χ0n) is 18.2. The molecule has 33 heavy (non-hydrogen) atoms. The number of hydrogen-bond acceptors (Lipinski definition) is 7. The zero-order chi connectivity index (χ0) is 24.2. The number of carbonyl (C=O) groups excluding carboxylic acids is 2. The van der Waals surface area contributed by atoms with Crippen molar-refractivity contribution in [2.24, 2.45) is 0 Å². The normalized spacial score (nSPS) is 14.9. The van der Waals surface area contributed by atoms with Crippen LogP contribution in [0.2, 0.25) is 0 Å². The summed E-state index contributed by atoms with van der Waals surface area (Å²) in [5, 5.41) is 2.48. The largest absolute Gasteiger partial charge is 0.452 e. The third kappa shape index (κ3) is 5.77. The number of esters is 1. The lowest BCUT2D eigenvalue weighted by molar-refractivity contribution is -0.119. The van der Waals surface area contributed by atoms with E-state index in [1.807, 2.05) is 0 Å². The molecule has 0 aromatic heterocycles. The number of benzene rings is 2. The van der Waals surface area contributed by atoms with Gasteiger partial charge in [0.15, 0.2) is 6.61 Å². The summed E-state index contributed by atoms with van der Waals surface area (Å²) in [4.78, 5) is 24.5. The Morgan fingerprint density at radius 1 is 0.970 bits per heavy atom. The summed E-state index contributed by atoms with van der Waals surface area (Å²) < 4.78 is 56.9. The molecule has 3 rings (SSSR count). The molecule has 1 heterocycles. The maximum absolute atomic E-state index is 12.5. The number of anilines is 1. The molecule has 12 heteroatoms. The molecule has 2 aromatic carbocycles. The number of sulfonamides is 2. The van der Waals surface area contributed by atoms with Crippen molar-refractivity contribution < 1.29 is 31.2 Å². The summed E-state index contributed by atoms with van der Waals surface area (Å²) in [6.45, 7) is 0.355. The lowest BCUT2D eigenvalue weighted by Crippen LogP contribution is -2.27. The van der Waals surface area contributed by atoms with Gasteiger partial charge in [0, 0.05) is 32.9 Å². The van der Waals surface area contributed by atoms with E-state index in [0.717, 1.165) is 17.1 Å². The Morgan fingerprint density at radius 3 is 2.21 bits per heavy atom. The van der Waals surface area contributed by atoms with E-state index < -0.39 is 38.5 Å². The minimum Gasteiger partial charge on any atom is -0.452 e. The minimum absolute atomic E-state index is 0.00580. The Morgan fingerprint density at radius 2 is 1.61 bits per heavy atom. The Balaban J connectivity index is 1.58. The molecule has 1 aliphatic heterocycles. The van der Waals surface area contributed by atoms with Crippen molar-refractivity contribution in [3.8, 4) is 0 Å². The van der Waals surface area contributed by atoms with Gasteiger partial charge in [0.25, 0.3) is 5.91 Å². The molecule has 0 bridgehead atoms. The molecule has 1 saturated heterocycles. The standard InChI is InChI=1S/C21H25N3O7S2/c1-23(2)32(27,28)19-7-5-6-17(14-19)22-20(25)15-31-21(26)16-8-10-18(11-9-16)33(29,30)24-12-3-4-13-24/h5-11,14H,3-4,12-13,15H2,1-2H3,(H,22,25). The first-order chi connectivity index (χ1) is 15.5. The SMILES string of the molecule is CN(C)S(=O)(=O)c1cccc(NC(=O)COC(=O)c2ccc(S(=O)(=O)N3CCCC3)cc2)c1. The van der Waals surface area contributed by atoms with Crippen molar-refractivity contribution in [3.63, 3.8) is 0 Å². The Kier molecular flexibility index (Phi) is 7.52. The Bertz CT molecular complexity index is 1230. The van der Waals surface area contributed by atoms with Gasteiger partial charge in [-0.25, -0.2) is 25.9 Å². The van der Waals surface area contributed by atoms with Gasteiger partial charge in [-0.15, -0.1) is 0 Å². The average molecular weight is 496 g/mol.